The predicted molar refractivity (Wildman–Crippen MR) is 39.4 cm³/mol. The Labute approximate surface area is 53.1 Å². The van der Waals surface area contributed by atoms with Crippen LogP contribution in [0.5, 0.6) is 0 Å². The molecule has 0 aromatic carbocycles. The molecule has 1 aromatic rings. The quantitative estimate of drug-likeness (QED) is 0.470. The van der Waals surface area contributed by atoms with Gasteiger partial charge >= 0.3 is 0 Å². The van der Waals surface area contributed by atoms with Gasteiger partial charge in [-0.05, 0) is 22.6 Å². The van der Waals surface area contributed by atoms with E-state index in [1.807, 2.05) is 0 Å². The van der Waals surface area contributed by atoms with Crippen LogP contribution in [0.4, 0.5) is 0 Å². The molecule has 0 aliphatic heterocycles. The zero-order valence-corrected chi connectivity index (χ0v) is 6.38. The molecule has 0 amide bonds. The molecule has 0 spiro atoms. The Balaban J connectivity index is 3.19. The van der Waals surface area contributed by atoms with Crippen molar-refractivity contribution in [2.24, 2.45) is 6.26 Å². The van der Waals surface area contributed by atoms with Crippen LogP contribution in [0.2, 0.25) is 0 Å². The topological polar surface area (TPSA) is 0 Å². The van der Waals surface area contributed by atoms with Gasteiger partial charge < -0.3 is 0 Å². The van der Waals surface area contributed by atoms with E-state index >= 15 is 0 Å². The van der Waals surface area contributed by atoms with Gasteiger partial charge in [0.15, 0.2) is 0 Å². The molecule has 1 rings (SSSR count). The normalized spacial score (nSPS) is 9.88. The molecule has 44 valence electrons. The van der Waals surface area contributed by atoms with Gasteiger partial charge in [-0.2, -0.15) is 0 Å². The monoisotopic (exact) mass is 127 g/mol. The van der Waals surface area contributed by atoms with E-state index in [9.17, 15) is 0 Å². The van der Waals surface area contributed by atoms with E-state index in [0.29, 0.717) is 10.5 Å². The van der Waals surface area contributed by atoms with Crippen LogP contribution in [0.3, 0.4) is 0 Å². The van der Waals surface area contributed by atoms with Gasteiger partial charge in [0, 0.05) is 13.8 Å². The summed E-state index contributed by atoms with van der Waals surface area (Å²) in [5.41, 5.74) is 0. The van der Waals surface area contributed by atoms with Crippen molar-refractivity contribution in [1.29, 1.82) is 0 Å². The molecule has 0 aliphatic carbocycles. The second-order valence-corrected chi connectivity index (χ2v) is 4.37. The maximum atomic E-state index is 2.27. The summed E-state index contributed by atoms with van der Waals surface area (Å²) in [6.45, 7) is 4.38. The standard InChI is InChI=1S/C7H11S/c1-6-4-5-7(2)8(6)3/h4-5H,1-3H3/q+1. The van der Waals surface area contributed by atoms with Crippen LogP contribution in [0.25, 0.3) is 0 Å². The molecule has 0 nitrogen and oxygen atoms in total. The maximum Gasteiger partial charge on any atom is 0.147 e. The first-order chi connectivity index (χ1) is 3.72. The van der Waals surface area contributed by atoms with Gasteiger partial charge in [-0.3, -0.25) is 0 Å². The average Bonchev–Trinajstić information content (AvgIpc) is 1.98. The fourth-order valence-corrected chi connectivity index (χ4v) is 1.74. The lowest BCUT2D eigenvalue weighted by atomic mass is 10.5. The minimum Gasteiger partial charge on any atom is -0.0203 e. The summed E-state index contributed by atoms with van der Waals surface area (Å²) in [5, 5.41) is 0. The summed E-state index contributed by atoms with van der Waals surface area (Å²) in [5.74, 6) is 0. The van der Waals surface area contributed by atoms with E-state index in [2.05, 4.69) is 32.2 Å². The van der Waals surface area contributed by atoms with Crippen molar-refractivity contribution >= 4 is 10.5 Å². The highest BCUT2D eigenvalue weighted by Crippen LogP contribution is 2.24. The highest BCUT2D eigenvalue weighted by atomic mass is 32.2. The van der Waals surface area contributed by atoms with Crippen molar-refractivity contribution in [3.63, 3.8) is 0 Å². The van der Waals surface area contributed by atoms with Gasteiger partial charge in [-0.1, -0.05) is 0 Å². The SMILES string of the molecule is Cc1ccc(C)[s+]1C. The van der Waals surface area contributed by atoms with Crippen molar-refractivity contribution in [3.05, 3.63) is 21.9 Å². The van der Waals surface area contributed by atoms with Crippen molar-refractivity contribution in [2.45, 2.75) is 13.8 Å². The zero-order chi connectivity index (χ0) is 6.15. The van der Waals surface area contributed by atoms with Gasteiger partial charge in [0.2, 0.25) is 0 Å². The number of hydrogen-bond donors (Lipinski definition) is 0. The molecule has 0 unspecified atom stereocenters. The number of hydrogen-bond acceptors (Lipinski definition) is 0. The molecule has 0 saturated carbocycles. The molecule has 0 radical (unpaired) electrons. The Morgan fingerprint density at radius 2 is 1.50 bits per heavy atom. The molecule has 1 aromatic heterocycles. The average molecular weight is 127 g/mol. The summed E-state index contributed by atoms with van der Waals surface area (Å²) < 4.78 is 0. The molecular formula is C7H11S+. The molecule has 0 N–H and O–H groups in total. The van der Waals surface area contributed by atoms with Crippen LogP contribution in [-0.4, -0.2) is 0 Å². The Hall–Kier alpha value is -0.300. The lowest BCUT2D eigenvalue weighted by Gasteiger charge is -1.77. The summed E-state index contributed by atoms with van der Waals surface area (Å²) in [7, 11) is 0.460. The second kappa shape index (κ2) is 1.90. The van der Waals surface area contributed by atoms with Crippen LogP contribution < -0.4 is 0 Å². The molecule has 1 heteroatoms. The molecule has 0 saturated heterocycles. The molecule has 0 aliphatic rings. The molecule has 1 heterocycles. The van der Waals surface area contributed by atoms with E-state index < -0.39 is 0 Å². The van der Waals surface area contributed by atoms with Gasteiger partial charge in [0.1, 0.15) is 16.0 Å². The summed E-state index contributed by atoms with van der Waals surface area (Å²) >= 11 is 0. The highest BCUT2D eigenvalue weighted by molar-refractivity contribution is 7.29. The third-order valence-electron chi connectivity index (χ3n) is 1.52. The molecule has 8 heavy (non-hydrogen) atoms. The van der Waals surface area contributed by atoms with Gasteiger partial charge in [0.05, 0.1) is 0 Å². The Bertz CT molecular complexity index is 167. The summed E-state index contributed by atoms with van der Waals surface area (Å²) in [6.07, 6.45) is 2.27. The fraction of sp³-hybridized carbons (Fsp3) is 0.429. The lowest BCUT2D eigenvalue weighted by molar-refractivity contribution is 1.61. The van der Waals surface area contributed by atoms with E-state index in [1.54, 1.807) is 0 Å². The first-order valence-electron chi connectivity index (χ1n) is 2.73. The highest BCUT2D eigenvalue weighted by Gasteiger charge is 2.05. The van der Waals surface area contributed by atoms with Crippen LogP contribution in [0.1, 0.15) is 9.75 Å². The van der Waals surface area contributed by atoms with Crippen LogP contribution in [0, 0.1) is 13.8 Å². The summed E-state index contributed by atoms with van der Waals surface area (Å²) in [4.78, 5) is 3.03. The fourth-order valence-electron chi connectivity index (χ4n) is 0.693. The van der Waals surface area contributed by atoms with Crippen LogP contribution in [0.15, 0.2) is 12.1 Å². The Kier molecular flexibility index (Phi) is 1.39. The Morgan fingerprint density at radius 3 is 1.62 bits per heavy atom. The number of aryl methyl sites for hydroxylation is 2. The van der Waals surface area contributed by atoms with E-state index in [4.69, 9.17) is 0 Å². The first-order valence-corrected chi connectivity index (χ1v) is 4.36. The van der Waals surface area contributed by atoms with E-state index in [-0.39, 0.29) is 0 Å². The predicted octanol–water partition coefficient (Wildman–Crippen LogP) is 2.59. The van der Waals surface area contributed by atoms with E-state index in [1.165, 1.54) is 9.75 Å². The molecule has 0 fully saturated rings. The van der Waals surface area contributed by atoms with Crippen molar-refractivity contribution in [3.8, 4) is 0 Å². The second-order valence-electron chi connectivity index (χ2n) is 2.06. The number of thiophene rings is 1. The zero-order valence-electron chi connectivity index (χ0n) is 5.56. The minimum absolute atomic E-state index is 0.460. The minimum atomic E-state index is 0.460. The summed E-state index contributed by atoms with van der Waals surface area (Å²) in [6, 6.07) is 4.41. The number of rotatable bonds is 0. The maximum absolute atomic E-state index is 2.27. The first kappa shape index (κ1) is 5.83. The van der Waals surface area contributed by atoms with Crippen molar-refractivity contribution in [1.82, 2.24) is 0 Å². The van der Waals surface area contributed by atoms with Gasteiger partial charge in [0.25, 0.3) is 0 Å². The Morgan fingerprint density at radius 1 is 1.12 bits per heavy atom. The van der Waals surface area contributed by atoms with Crippen molar-refractivity contribution in [2.75, 3.05) is 0 Å². The molecule has 0 atom stereocenters. The van der Waals surface area contributed by atoms with Gasteiger partial charge in [-0.25, -0.2) is 0 Å². The van der Waals surface area contributed by atoms with Crippen LogP contribution in [-0.2, 0) is 6.26 Å². The van der Waals surface area contributed by atoms with Crippen LogP contribution >= 0.6 is 10.5 Å². The smallest absolute Gasteiger partial charge is 0.0203 e. The van der Waals surface area contributed by atoms with E-state index in [0.717, 1.165) is 0 Å². The van der Waals surface area contributed by atoms with Gasteiger partial charge in [-0.15, -0.1) is 0 Å². The third-order valence-corrected chi connectivity index (χ3v) is 3.72. The lowest BCUT2D eigenvalue weighted by Crippen LogP contribution is -1.59. The third kappa shape index (κ3) is 0.781. The molecular weight excluding hydrogens is 116 g/mol. The largest absolute Gasteiger partial charge is 0.147 e. The molecule has 0 bridgehead atoms. The van der Waals surface area contributed by atoms with Crippen molar-refractivity contribution < 1.29 is 0 Å².